The predicted molar refractivity (Wildman–Crippen MR) is 129 cm³/mol. The molecule has 3 nitrogen and oxygen atoms in total. The summed E-state index contributed by atoms with van der Waals surface area (Å²) in [5, 5.41) is 2.99. The maximum atomic E-state index is 13.8. The number of benzene rings is 1. The lowest BCUT2D eigenvalue weighted by Gasteiger charge is -2.61. The largest absolute Gasteiger partial charge is 0.395 e. The van der Waals surface area contributed by atoms with Crippen molar-refractivity contribution in [3.8, 4) is 0 Å². The molecule has 0 saturated heterocycles. The van der Waals surface area contributed by atoms with E-state index < -0.39 is 11.6 Å². The van der Waals surface area contributed by atoms with E-state index in [2.05, 4.69) is 26.1 Å². The van der Waals surface area contributed by atoms with Crippen LogP contribution in [-0.4, -0.2) is 12.3 Å². The van der Waals surface area contributed by atoms with Crippen LogP contribution in [0.15, 0.2) is 12.1 Å². The molecule has 4 aliphatic carbocycles. The number of carbonyl (C=O) groups is 1. The molecule has 0 radical (unpaired) electrons. The molecule has 5 rings (SSSR count). The molecule has 33 heavy (non-hydrogen) atoms. The second-order valence-corrected chi connectivity index (χ2v) is 12.4. The van der Waals surface area contributed by atoms with Crippen molar-refractivity contribution in [1.82, 2.24) is 0 Å². The summed E-state index contributed by atoms with van der Waals surface area (Å²) in [4.78, 5) is 13.4. The fourth-order valence-corrected chi connectivity index (χ4v) is 9.03. The number of fused-ring (bicyclic) bond motifs is 5. The highest BCUT2D eigenvalue weighted by Crippen LogP contribution is 2.67. The van der Waals surface area contributed by atoms with Gasteiger partial charge in [0, 0.05) is 5.92 Å². The van der Waals surface area contributed by atoms with E-state index in [1.807, 2.05) is 0 Å². The van der Waals surface area contributed by atoms with Gasteiger partial charge in [0.2, 0.25) is 0 Å². The Morgan fingerprint density at radius 3 is 2.55 bits per heavy atom. The summed E-state index contributed by atoms with van der Waals surface area (Å²) < 4.78 is 27.2. The molecule has 1 aromatic rings. The first-order chi connectivity index (χ1) is 15.6. The van der Waals surface area contributed by atoms with Gasteiger partial charge in [0.1, 0.15) is 0 Å². The maximum Gasteiger partial charge on any atom is 0.183 e. The highest BCUT2D eigenvalue weighted by atomic mass is 19.2. The van der Waals surface area contributed by atoms with Gasteiger partial charge in [-0.05, 0) is 104 Å². The monoisotopic (exact) mass is 458 g/mol. The van der Waals surface area contributed by atoms with Gasteiger partial charge in [-0.2, -0.15) is 0 Å². The van der Waals surface area contributed by atoms with Gasteiger partial charge >= 0.3 is 0 Å². The quantitative estimate of drug-likeness (QED) is 0.487. The molecular formula is C28H40F2N2O. The Hall–Kier alpha value is -1.65. The standard InChI is InChI=1S/C28H40F2N2O/c1-16-10-12-27(2)17(14-16)4-5-18-19-6-7-21(28(19,3)13-11-20(18)27)24(33)15-32-23-9-8-22(29)25(30)26(23)31/h8-9,16-21,32H,4-7,10-15,31H2,1-3H3/t16-,17?,18?,19?,20?,21+,27-,28-/m0/s1. The van der Waals surface area contributed by atoms with E-state index in [1.54, 1.807) is 0 Å². The van der Waals surface area contributed by atoms with Gasteiger partial charge in [-0.3, -0.25) is 4.79 Å². The third-order valence-corrected chi connectivity index (χ3v) is 10.9. The summed E-state index contributed by atoms with van der Waals surface area (Å²) >= 11 is 0. The van der Waals surface area contributed by atoms with Gasteiger partial charge in [-0.25, -0.2) is 8.78 Å². The van der Waals surface area contributed by atoms with Gasteiger partial charge in [0.25, 0.3) is 0 Å². The summed E-state index contributed by atoms with van der Waals surface area (Å²) in [6.07, 6.45) is 11.4. The van der Waals surface area contributed by atoms with Crippen LogP contribution in [0.4, 0.5) is 20.2 Å². The van der Waals surface area contributed by atoms with Crippen molar-refractivity contribution >= 4 is 17.2 Å². The number of nitrogen functional groups attached to an aromatic ring is 1. The summed E-state index contributed by atoms with van der Waals surface area (Å²) in [6.45, 7) is 7.51. The number of anilines is 2. The van der Waals surface area contributed by atoms with Crippen molar-refractivity contribution in [3.63, 3.8) is 0 Å². The number of rotatable bonds is 4. The summed E-state index contributed by atoms with van der Waals surface area (Å²) in [5.41, 5.74) is 6.30. The number of hydrogen-bond acceptors (Lipinski definition) is 3. The van der Waals surface area contributed by atoms with Crippen LogP contribution < -0.4 is 11.1 Å². The minimum atomic E-state index is -1.06. The average Bonchev–Trinajstić information content (AvgIpc) is 3.14. The van der Waals surface area contributed by atoms with E-state index in [0.717, 1.165) is 49.0 Å². The first kappa shape index (κ1) is 23.1. The van der Waals surface area contributed by atoms with Gasteiger partial charge in [-0.1, -0.05) is 27.2 Å². The van der Waals surface area contributed by atoms with Crippen molar-refractivity contribution < 1.29 is 13.6 Å². The molecule has 4 saturated carbocycles. The fourth-order valence-electron chi connectivity index (χ4n) is 9.03. The van der Waals surface area contributed by atoms with Crippen LogP contribution in [0, 0.1) is 58.0 Å². The van der Waals surface area contributed by atoms with Crippen LogP contribution in [0.5, 0.6) is 0 Å². The van der Waals surface area contributed by atoms with Crippen LogP contribution in [0.3, 0.4) is 0 Å². The molecule has 4 fully saturated rings. The molecule has 8 atom stereocenters. The Kier molecular flexibility index (Phi) is 5.77. The first-order valence-electron chi connectivity index (χ1n) is 13.1. The van der Waals surface area contributed by atoms with Crippen LogP contribution >= 0.6 is 0 Å². The lowest BCUT2D eigenvalue weighted by molar-refractivity contribution is -0.135. The Bertz CT molecular complexity index is 935. The predicted octanol–water partition coefficient (Wildman–Crippen LogP) is 6.82. The summed E-state index contributed by atoms with van der Waals surface area (Å²) in [5.74, 6) is 2.17. The topological polar surface area (TPSA) is 55.1 Å². The van der Waals surface area contributed by atoms with Gasteiger partial charge < -0.3 is 11.1 Å². The van der Waals surface area contributed by atoms with Crippen molar-refractivity contribution in [2.24, 2.45) is 46.3 Å². The lowest BCUT2D eigenvalue weighted by atomic mass is 9.44. The third-order valence-electron chi connectivity index (χ3n) is 10.9. The van der Waals surface area contributed by atoms with Gasteiger partial charge in [-0.15, -0.1) is 0 Å². The zero-order valence-electron chi connectivity index (χ0n) is 20.4. The zero-order valence-corrected chi connectivity index (χ0v) is 20.4. The normalized spacial score (nSPS) is 42.2. The van der Waals surface area contributed by atoms with Crippen molar-refractivity contribution in [1.29, 1.82) is 0 Å². The maximum absolute atomic E-state index is 13.8. The van der Waals surface area contributed by atoms with Gasteiger partial charge in [0.05, 0.1) is 17.9 Å². The van der Waals surface area contributed by atoms with E-state index in [1.165, 1.54) is 44.6 Å². The Balaban J connectivity index is 1.29. The smallest absolute Gasteiger partial charge is 0.183 e. The molecule has 0 aromatic heterocycles. The number of ketones is 1. The highest BCUT2D eigenvalue weighted by Gasteiger charge is 2.60. The molecule has 0 bridgehead atoms. The van der Waals surface area contributed by atoms with Crippen LogP contribution in [0.2, 0.25) is 0 Å². The Morgan fingerprint density at radius 1 is 1.03 bits per heavy atom. The molecular weight excluding hydrogens is 418 g/mol. The second kappa shape index (κ2) is 8.23. The number of nitrogens with one attached hydrogen (secondary N) is 1. The summed E-state index contributed by atoms with van der Waals surface area (Å²) in [6, 6.07) is 2.46. The highest BCUT2D eigenvalue weighted by molar-refractivity contribution is 5.87. The molecule has 0 spiro atoms. The minimum absolute atomic E-state index is 0.0411. The molecule has 182 valence electrons. The number of halogens is 2. The van der Waals surface area contributed by atoms with Crippen LogP contribution in [0.1, 0.15) is 78.6 Å². The van der Waals surface area contributed by atoms with Crippen LogP contribution in [-0.2, 0) is 4.79 Å². The molecule has 4 aliphatic rings. The number of nitrogens with two attached hydrogens (primary N) is 1. The molecule has 0 amide bonds. The second-order valence-electron chi connectivity index (χ2n) is 12.4. The molecule has 1 aromatic carbocycles. The first-order valence-corrected chi connectivity index (χ1v) is 13.1. The lowest BCUT2D eigenvalue weighted by Crippen LogP contribution is -2.53. The molecule has 0 heterocycles. The van der Waals surface area contributed by atoms with E-state index in [0.29, 0.717) is 17.0 Å². The van der Waals surface area contributed by atoms with Crippen molar-refractivity contribution in [3.05, 3.63) is 23.8 Å². The number of carbonyl (C=O) groups excluding carboxylic acids is 1. The molecule has 3 N–H and O–H groups in total. The van der Waals surface area contributed by atoms with E-state index in [4.69, 9.17) is 5.73 Å². The zero-order chi connectivity index (χ0) is 23.5. The van der Waals surface area contributed by atoms with Crippen LogP contribution in [0.25, 0.3) is 0 Å². The van der Waals surface area contributed by atoms with Crippen molar-refractivity contribution in [2.45, 2.75) is 78.6 Å². The fraction of sp³-hybridized carbons (Fsp3) is 0.750. The van der Waals surface area contributed by atoms with E-state index >= 15 is 0 Å². The number of Topliss-reactive ketones (excluding diaryl/α,β-unsaturated/α-hetero) is 1. The van der Waals surface area contributed by atoms with Gasteiger partial charge in [0.15, 0.2) is 17.4 Å². The SMILES string of the molecule is C[C@H]1CC[C@@]2(C)C(CCC3C2CC[C@@]2(C)C3CC[C@@H]2C(=O)CNc2ccc(F)c(F)c2N)C1. The third kappa shape index (κ3) is 3.60. The van der Waals surface area contributed by atoms with E-state index in [-0.39, 0.29) is 29.3 Å². The average molecular weight is 459 g/mol. The Labute approximate surface area is 197 Å². The molecule has 0 aliphatic heterocycles. The minimum Gasteiger partial charge on any atom is -0.395 e. The molecule has 4 unspecified atom stereocenters. The van der Waals surface area contributed by atoms with E-state index in [9.17, 15) is 13.6 Å². The van der Waals surface area contributed by atoms with Crippen molar-refractivity contribution in [2.75, 3.05) is 17.6 Å². The Morgan fingerprint density at radius 2 is 1.76 bits per heavy atom. The summed E-state index contributed by atoms with van der Waals surface area (Å²) in [7, 11) is 0. The number of hydrogen-bond donors (Lipinski definition) is 2. The molecule has 5 heteroatoms.